The fraction of sp³-hybridized carbons (Fsp3) is 1.00. The smallest absolute Gasteiger partial charge is 0.107 e. The predicted octanol–water partition coefficient (Wildman–Crippen LogP) is 2.51. The van der Waals surface area contributed by atoms with Crippen molar-refractivity contribution in [2.24, 2.45) is 0 Å². The van der Waals surface area contributed by atoms with Crippen LogP contribution in [-0.2, 0) is 4.74 Å². The molecular formula is C7H16OS. The lowest BCUT2D eigenvalue weighted by molar-refractivity contribution is 0.103. The lowest BCUT2D eigenvalue weighted by atomic mass is 10.5. The van der Waals surface area contributed by atoms with Crippen molar-refractivity contribution in [3.8, 4) is 0 Å². The Kier molecular flexibility index (Phi) is 3.59. The summed E-state index contributed by atoms with van der Waals surface area (Å²) in [5.74, 6) is 0. The molecule has 0 radical (unpaired) electrons. The van der Waals surface area contributed by atoms with Gasteiger partial charge >= 0.3 is 0 Å². The molecule has 0 aliphatic carbocycles. The molecule has 0 aliphatic rings. The standard InChI is InChI=1S/C7H16OS/c1-6(2)9-7(3,4)8-5/h6H,1-5H3. The Balaban J connectivity index is 3.58. The van der Waals surface area contributed by atoms with Gasteiger partial charge in [0.1, 0.15) is 4.93 Å². The van der Waals surface area contributed by atoms with Crippen LogP contribution in [0.1, 0.15) is 27.7 Å². The maximum atomic E-state index is 5.21. The van der Waals surface area contributed by atoms with Gasteiger partial charge in [-0.15, -0.1) is 11.8 Å². The van der Waals surface area contributed by atoms with Crippen molar-refractivity contribution in [3.05, 3.63) is 0 Å². The molecule has 0 aromatic rings. The molecule has 0 saturated heterocycles. The summed E-state index contributed by atoms with van der Waals surface area (Å²) in [7, 11) is 1.75. The zero-order valence-electron chi connectivity index (χ0n) is 6.89. The second kappa shape index (κ2) is 3.47. The van der Waals surface area contributed by atoms with Gasteiger partial charge in [0.25, 0.3) is 0 Å². The normalized spacial score (nSPS) is 12.7. The fourth-order valence-electron chi connectivity index (χ4n) is 0.616. The molecule has 0 aromatic carbocycles. The first-order valence-corrected chi connectivity index (χ1v) is 4.09. The number of hydrogen-bond acceptors (Lipinski definition) is 2. The summed E-state index contributed by atoms with van der Waals surface area (Å²) in [6.45, 7) is 8.51. The number of methoxy groups -OCH3 is 1. The fourth-order valence-corrected chi connectivity index (χ4v) is 1.85. The third-order valence-corrected chi connectivity index (χ3v) is 2.22. The zero-order chi connectivity index (χ0) is 7.49. The first kappa shape index (κ1) is 9.31. The molecule has 0 aliphatic heterocycles. The largest absolute Gasteiger partial charge is 0.368 e. The van der Waals surface area contributed by atoms with Crippen molar-refractivity contribution in [3.63, 3.8) is 0 Å². The van der Waals surface area contributed by atoms with E-state index in [2.05, 4.69) is 27.7 Å². The maximum Gasteiger partial charge on any atom is 0.107 e. The van der Waals surface area contributed by atoms with Crippen molar-refractivity contribution < 1.29 is 4.74 Å². The van der Waals surface area contributed by atoms with Gasteiger partial charge in [0.05, 0.1) is 0 Å². The molecule has 2 heteroatoms. The van der Waals surface area contributed by atoms with Crippen LogP contribution in [0.2, 0.25) is 0 Å². The van der Waals surface area contributed by atoms with Crippen LogP contribution < -0.4 is 0 Å². The van der Waals surface area contributed by atoms with Crippen LogP contribution in [0.25, 0.3) is 0 Å². The van der Waals surface area contributed by atoms with E-state index in [4.69, 9.17) is 4.74 Å². The SMILES string of the molecule is COC(C)(C)SC(C)C. The minimum Gasteiger partial charge on any atom is -0.368 e. The van der Waals surface area contributed by atoms with E-state index in [-0.39, 0.29) is 4.93 Å². The highest BCUT2D eigenvalue weighted by Crippen LogP contribution is 2.28. The lowest BCUT2D eigenvalue weighted by Crippen LogP contribution is -2.19. The third-order valence-electron chi connectivity index (χ3n) is 1.01. The zero-order valence-corrected chi connectivity index (χ0v) is 7.71. The molecule has 0 rings (SSSR count). The van der Waals surface area contributed by atoms with Crippen molar-refractivity contribution in [1.29, 1.82) is 0 Å². The molecule has 0 bridgehead atoms. The Bertz CT molecular complexity index is 79.0. The number of ether oxygens (including phenoxy) is 1. The molecule has 1 nitrogen and oxygen atoms in total. The minimum absolute atomic E-state index is 0.0197. The van der Waals surface area contributed by atoms with Gasteiger partial charge in [-0.3, -0.25) is 0 Å². The van der Waals surface area contributed by atoms with Gasteiger partial charge in [-0.1, -0.05) is 13.8 Å². The summed E-state index contributed by atoms with van der Waals surface area (Å²) in [5.41, 5.74) is 0. The monoisotopic (exact) mass is 148 g/mol. The number of thioether (sulfide) groups is 1. The van der Waals surface area contributed by atoms with E-state index in [0.29, 0.717) is 5.25 Å². The first-order chi connectivity index (χ1) is 3.98. The van der Waals surface area contributed by atoms with Gasteiger partial charge in [0, 0.05) is 12.4 Å². The van der Waals surface area contributed by atoms with Gasteiger partial charge in [-0.2, -0.15) is 0 Å². The Morgan fingerprint density at radius 2 is 1.78 bits per heavy atom. The molecule has 0 aromatic heterocycles. The highest BCUT2D eigenvalue weighted by Gasteiger charge is 2.17. The van der Waals surface area contributed by atoms with E-state index in [1.807, 2.05) is 11.8 Å². The molecular weight excluding hydrogens is 132 g/mol. The average Bonchev–Trinajstić information content (AvgIpc) is 1.63. The second-order valence-corrected chi connectivity index (χ2v) is 4.93. The van der Waals surface area contributed by atoms with Crippen molar-refractivity contribution in [2.45, 2.75) is 37.9 Å². The maximum absolute atomic E-state index is 5.21. The van der Waals surface area contributed by atoms with E-state index in [1.165, 1.54) is 0 Å². The van der Waals surface area contributed by atoms with Crippen LogP contribution in [-0.4, -0.2) is 17.3 Å². The molecule has 0 N–H and O–H groups in total. The van der Waals surface area contributed by atoms with Crippen molar-refractivity contribution in [1.82, 2.24) is 0 Å². The van der Waals surface area contributed by atoms with E-state index in [9.17, 15) is 0 Å². The molecule has 0 saturated carbocycles. The molecule has 0 atom stereocenters. The van der Waals surface area contributed by atoms with E-state index in [1.54, 1.807) is 7.11 Å². The van der Waals surface area contributed by atoms with Crippen LogP contribution in [0, 0.1) is 0 Å². The van der Waals surface area contributed by atoms with Crippen LogP contribution in [0.3, 0.4) is 0 Å². The Morgan fingerprint density at radius 3 is 1.89 bits per heavy atom. The predicted molar refractivity (Wildman–Crippen MR) is 43.8 cm³/mol. The molecule has 0 fully saturated rings. The first-order valence-electron chi connectivity index (χ1n) is 3.21. The van der Waals surface area contributed by atoms with E-state index >= 15 is 0 Å². The third kappa shape index (κ3) is 4.79. The quantitative estimate of drug-likeness (QED) is 0.569. The Morgan fingerprint density at radius 1 is 1.33 bits per heavy atom. The molecule has 0 amide bonds. The van der Waals surface area contributed by atoms with Crippen LogP contribution in [0.15, 0.2) is 0 Å². The molecule has 0 spiro atoms. The van der Waals surface area contributed by atoms with Crippen LogP contribution in [0.4, 0.5) is 0 Å². The topological polar surface area (TPSA) is 9.23 Å². The van der Waals surface area contributed by atoms with Crippen molar-refractivity contribution in [2.75, 3.05) is 7.11 Å². The highest BCUT2D eigenvalue weighted by atomic mass is 32.2. The second-order valence-electron chi connectivity index (χ2n) is 2.77. The van der Waals surface area contributed by atoms with Gasteiger partial charge < -0.3 is 4.74 Å². The number of hydrogen-bond donors (Lipinski definition) is 0. The highest BCUT2D eigenvalue weighted by molar-refractivity contribution is 8.01. The molecule has 0 heterocycles. The minimum atomic E-state index is -0.0197. The summed E-state index contributed by atoms with van der Waals surface area (Å²) in [5, 5.41) is 0.639. The summed E-state index contributed by atoms with van der Waals surface area (Å²) < 4.78 is 5.21. The van der Waals surface area contributed by atoms with E-state index in [0.717, 1.165) is 0 Å². The van der Waals surface area contributed by atoms with E-state index < -0.39 is 0 Å². The van der Waals surface area contributed by atoms with Gasteiger partial charge in [0.2, 0.25) is 0 Å². The van der Waals surface area contributed by atoms with Gasteiger partial charge in [-0.25, -0.2) is 0 Å². The van der Waals surface area contributed by atoms with Crippen LogP contribution >= 0.6 is 11.8 Å². The van der Waals surface area contributed by atoms with Gasteiger partial charge in [0.15, 0.2) is 0 Å². The molecule has 56 valence electrons. The summed E-state index contributed by atoms with van der Waals surface area (Å²) in [4.78, 5) is -0.0197. The Hall–Kier alpha value is 0.310. The summed E-state index contributed by atoms with van der Waals surface area (Å²) in [6, 6.07) is 0. The van der Waals surface area contributed by atoms with Gasteiger partial charge in [-0.05, 0) is 13.8 Å². The number of rotatable bonds is 3. The average molecular weight is 148 g/mol. The van der Waals surface area contributed by atoms with Crippen LogP contribution in [0.5, 0.6) is 0 Å². The molecule has 9 heavy (non-hydrogen) atoms. The van der Waals surface area contributed by atoms with Crippen molar-refractivity contribution >= 4 is 11.8 Å². The summed E-state index contributed by atoms with van der Waals surface area (Å²) in [6.07, 6.45) is 0. The molecule has 0 unspecified atom stereocenters. The lowest BCUT2D eigenvalue weighted by Gasteiger charge is -2.23. The summed E-state index contributed by atoms with van der Waals surface area (Å²) >= 11 is 1.83. The Labute approximate surface area is 62.2 Å².